The zero-order valence-electron chi connectivity index (χ0n) is 25.2. The molecule has 0 fully saturated rings. The van der Waals surface area contributed by atoms with Crippen LogP contribution in [0.1, 0.15) is 23.6 Å². The Morgan fingerprint density at radius 2 is 1.78 bits per heavy atom. The van der Waals surface area contributed by atoms with Crippen LogP contribution in [0.15, 0.2) is 94.9 Å². The Bertz CT molecular complexity index is 1850. The Kier molecular flexibility index (Phi) is 11.2. The molecule has 0 saturated carbocycles. The standard InChI is InChI=1S/C32H31ClN4O8S/c1-4-44-31-17-23(9-15-30(31)45-21-24-6-5-7-25(33)16-24)19-34-35-32(38)20-36(26-10-12-27(43-3)13-11-26)46(41,42)28-14-8-22(2)29(18-28)37(39)40/h5-19H,4,20-21H2,1-3H3,(H,35,38)/b34-19-. The number of rotatable bonds is 14. The summed E-state index contributed by atoms with van der Waals surface area (Å²) in [6.07, 6.45) is 1.37. The highest BCUT2D eigenvalue weighted by Crippen LogP contribution is 2.30. The fraction of sp³-hybridized carbons (Fsp3) is 0.188. The van der Waals surface area contributed by atoms with Crippen molar-refractivity contribution >= 4 is 45.1 Å². The molecule has 0 spiro atoms. The summed E-state index contributed by atoms with van der Waals surface area (Å²) in [7, 11) is -2.97. The molecule has 0 aliphatic rings. The average molecular weight is 667 g/mol. The second-order valence-corrected chi connectivity index (χ2v) is 12.1. The van der Waals surface area contributed by atoms with Gasteiger partial charge in [-0.25, -0.2) is 13.8 Å². The molecule has 0 atom stereocenters. The Balaban J connectivity index is 1.52. The summed E-state index contributed by atoms with van der Waals surface area (Å²) in [6, 6.07) is 21.9. The van der Waals surface area contributed by atoms with E-state index < -0.39 is 27.4 Å². The van der Waals surface area contributed by atoms with Crippen molar-refractivity contribution in [3.05, 3.63) is 117 Å². The number of nitrogens with zero attached hydrogens (tertiary/aromatic N) is 3. The van der Waals surface area contributed by atoms with Gasteiger partial charge in [-0.05, 0) is 85.6 Å². The number of hydrogen-bond donors (Lipinski definition) is 1. The lowest BCUT2D eigenvalue weighted by atomic mass is 10.2. The second-order valence-electron chi connectivity index (χ2n) is 9.77. The van der Waals surface area contributed by atoms with Crippen molar-refractivity contribution < 1.29 is 32.3 Å². The first-order valence-electron chi connectivity index (χ1n) is 13.9. The summed E-state index contributed by atoms with van der Waals surface area (Å²) < 4.78 is 45.1. The SMILES string of the molecule is CCOc1cc(/C=N\NC(=O)CN(c2ccc(OC)cc2)S(=O)(=O)c2ccc(C)c([N+](=O)[O-])c2)ccc1OCc1cccc(Cl)c1. The number of ether oxygens (including phenoxy) is 3. The highest BCUT2D eigenvalue weighted by Gasteiger charge is 2.29. The van der Waals surface area contributed by atoms with Gasteiger partial charge in [0, 0.05) is 16.7 Å². The summed E-state index contributed by atoms with van der Waals surface area (Å²) in [5, 5.41) is 16.1. The van der Waals surface area contributed by atoms with Crippen LogP contribution >= 0.6 is 11.6 Å². The van der Waals surface area contributed by atoms with Gasteiger partial charge in [0.15, 0.2) is 11.5 Å². The minimum Gasteiger partial charge on any atom is -0.497 e. The average Bonchev–Trinajstić information content (AvgIpc) is 3.03. The third-order valence-electron chi connectivity index (χ3n) is 6.57. The number of aryl methyl sites for hydroxylation is 1. The number of hydrogen-bond acceptors (Lipinski definition) is 9. The van der Waals surface area contributed by atoms with Crippen molar-refractivity contribution in [3.8, 4) is 17.2 Å². The Morgan fingerprint density at radius 1 is 1.02 bits per heavy atom. The number of halogens is 1. The van der Waals surface area contributed by atoms with Crippen LogP contribution in [-0.4, -0.2) is 45.7 Å². The molecule has 4 rings (SSSR count). The van der Waals surface area contributed by atoms with Crippen molar-refractivity contribution in [1.82, 2.24) is 5.43 Å². The normalized spacial score (nSPS) is 11.2. The largest absolute Gasteiger partial charge is 0.497 e. The van der Waals surface area contributed by atoms with Crippen molar-refractivity contribution in [2.45, 2.75) is 25.3 Å². The summed E-state index contributed by atoms with van der Waals surface area (Å²) in [5.41, 5.74) is 3.86. The highest BCUT2D eigenvalue weighted by molar-refractivity contribution is 7.92. The second kappa shape index (κ2) is 15.2. The molecule has 0 aliphatic heterocycles. The van der Waals surface area contributed by atoms with E-state index in [4.69, 9.17) is 25.8 Å². The van der Waals surface area contributed by atoms with Gasteiger partial charge in [0.25, 0.3) is 21.6 Å². The molecule has 14 heteroatoms. The van der Waals surface area contributed by atoms with E-state index in [1.807, 2.05) is 19.1 Å². The molecule has 0 radical (unpaired) electrons. The molecule has 4 aromatic carbocycles. The Hall–Kier alpha value is -5.14. The van der Waals surface area contributed by atoms with Crippen LogP contribution < -0.4 is 23.9 Å². The molecular weight excluding hydrogens is 636 g/mol. The van der Waals surface area contributed by atoms with Crippen molar-refractivity contribution in [2.24, 2.45) is 5.10 Å². The zero-order chi connectivity index (χ0) is 33.3. The zero-order valence-corrected chi connectivity index (χ0v) is 26.7. The van der Waals surface area contributed by atoms with E-state index in [9.17, 15) is 23.3 Å². The smallest absolute Gasteiger partial charge is 0.273 e. The van der Waals surface area contributed by atoms with Gasteiger partial charge in [0.05, 0.1) is 35.4 Å². The molecule has 0 heterocycles. The third kappa shape index (κ3) is 8.52. The van der Waals surface area contributed by atoms with Gasteiger partial charge in [-0.2, -0.15) is 5.10 Å². The number of nitrogens with one attached hydrogen (secondary N) is 1. The number of nitro benzene ring substituents is 1. The van der Waals surface area contributed by atoms with E-state index in [0.29, 0.717) is 40.0 Å². The number of methoxy groups -OCH3 is 1. The molecule has 0 saturated heterocycles. The molecule has 0 aliphatic carbocycles. The number of sulfonamides is 1. The minimum absolute atomic E-state index is 0.137. The maximum atomic E-state index is 13.7. The van der Waals surface area contributed by atoms with Crippen LogP contribution in [0.5, 0.6) is 17.2 Å². The molecule has 12 nitrogen and oxygen atoms in total. The molecule has 0 aromatic heterocycles. The summed E-state index contributed by atoms with van der Waals surface area (Å²) in [6.45, 7) is 3.31. The van der Waals surface area contributed by atoms with Gasteiger partial charge in [0.1, 0.15) is 18.9 Å². The van der Waals surface area contributed by atoms with E-state index in [1.54, 1.807) is 30.3 Å². The van der Waals surface area contributed by atoms with E-state index in [2.05, 4.69) is 10.5 Å². The Labute approximate surface area is 271 Å². The molecule has 1 amide bonds. The monoisotopic (exact) mass is 666 g/mol. The number of amides is 1. The predicted molar refractivity (Wildman–Crippen MR) is 174 cm³/mol. The lowest BCUT2D eigenvalue weighted by molar-refractivity contribution is -0.385. The van der Waals surface area contributed by atoms with Gasteiger partial charge < -0.3 is 14.2 Å². The highest BCUT2D eigenvalue weighted by atomic mass is 35.5. The summed E-state index contributed by atoms with van der Waals surface area (Å²) in [4.78, 5) is 23.5. The van der Waals surface area contributed by atoms with Crippen LogP contribution in [0.3, 0.4) is 0 Å². The van der Waals surface area contributed by atoms with E-state index >= 15 is 0 Å². The Morgan fingerprint density at radius 3 is 2.46 bits per heavy atom. The summed E-state index contributed by atoms with van der Waals surface area (Å²) >= 11 is 6.06. The van der Waals surface area contributed by atoms with E-state index in [-0.39, 0.29) is 22.9 Å². The quantitative estimate of drug-likeness (QED) is 0.0995. The van der Waals surface area contributed by atoms with E-state index in [1.165, 1.54) is 56.6 Å². The maximum Gasteiger partial charge on any atom is 0.273 e. The van der Waals surface area contributed by atoms with Gasteiger partial charge >= 0.3 is 0 Å². The molecule has 240 valence electrons. The van der Waals surface area contributed by atoms with Gasteiger partial charge in [-0.3, -0.25) is 19.2 Å². The van der Waals surface area contributed by atoms with Gasteiger partial charge in [-0.1, -0.05) is 29.8 Å². The fourth-order valence-electron chi connectivity index (χ4n) is 4.26. The molecule has 1 N–H and O–H groups in total. The molecule has 0 unspecified atom stereocenters. The van der Waals surface area contributed by atoms with Crippen molar-refractivity contribution in [1.29, 1.82) is 0 Å². The first-order chi connectivity index (χ1) is 22.0. The van der Waals surface area contributed by atoms with Crippen LogP contribution in [0.2, 0.25) is 5.02 Å². The van der Waals surface area contributed by atoms with Crippen LogP contribution in [0.4, 0.5) is 11.4 Å². The van der Waals surface area contributed by atoms with Crippen molar-refractivity contribution in [2.75, 3.05) is 24.6 Å². The number of nitro groups is 1. The molecule has 46 heavy (non-hydrogen) atoms. The summed E-state index contributed by atoms with van der Waals surface area (Å²) in [5.74, 6) is 0.667. The number of benzene rings is 4. The predicted octanol–water partition coefficient (Wildman–Crippen LogP) is 5.89. The first kappa shape index (κ1) is 33.7. The van der Waals surface area contributed by atoms with Gasteiger partial charge in [0.2, 0.25) is 0 Å². The van der Waals surface area contributed by atoms with E-state index in [0.717, 1.165) is 15.9 Å². The van der Waals surface area contributed by atoms with Crippen LogP contribution in [0, 0.1) is 17.0 Å². The molecule has 4 aromatic rings. The van der Waals surface area contributed by atoms with Crippen LogP contribution in [0.25, 0.3) is 0 Å². The number of carbonyl (C=O) groups excluding carboxylic acids is 1. The lowest BCUT2D eigenvalue weighted by Gasteiger charge is -2.24. The number of carbonyl (C=O) groups is 1. The maximum absolute atomic E-state index is 13.7. The minimum atomic E-state index is -4.43. The van der Waals surface area contributed by atoms with Crippen LogP contribution in [-0.2, 0) is 21.4 Å². The fourth-order valence-corrected chi connectivity index (χ4v) is 5.92. The molecular formula is C32H31ClN4O8S. The number of anilines is 1. The molecule has 0 bridgehead atoms. The third-order valence-corrected chi connectivity index (χ3v) is 8.57. The first-order valence-corrected chi connectivity index (χ1v) is 15.7. The number of hydrazone groups is 1. The topological polar surface area (TPSA) is 150 Å². The van der Waals surface area contributed by atoms with Gasteiger partial charge in [-0.15, -0.1) is 0 Å². The lowest BCUT2D eigenvalue weighted by Crippen LogP contribution is -2.39. The van der Waals surface area contributed by atoms with Crippen molar-refractivity contribution in [3.63, 3.8) is 0 Å².